The average Bonchev–Trinajstić information content (AvgIpc) is 2.38. The summed E-state index contributed by atoms with van der Waals surface area (Å²) in [4.78, 5) is 4.02. The Balaban J connectivity index is 2.54. The van der Waals surface area contributed by atoms with E-state index >= 15 is 0 Å². The molecule has 1 aromatic rings. The highest BCUT2D eigenvalue weighted by Gasteiger charge is 2.16. The van der Waals surface area contributed by atoms with E-state index in [9.17, 15) is 0 Å². The van der Waals surface area contributed by atoms with Gasteiger partial charge in [0.15, 0.2) is 5.84 Å². The van der Waals surface area contributed by atoms with Crippen LogP contribution in [-0.4, -0.2) is 34.3 Å². The van der Waals surface area contributed by atoms with E-state index in [-0.39, 0.29) is 17.9 Å². The van der Waals surface area contributed by atoms with E-state index in [0.717, 1.165) is 18.5 Å². The minimum atomic E-state index is 0.00228. The first-order chi connectivity index (χ1) is 8.98. The number of aromatic nitrogens is 1. The van der Waals surface area contributed by atoms with Gasteiger partial charge in [-0.2, -0.15) is 0 Å². The lowest BCUT2D eigenvalue weighted by atomic mass is 9.90. The molecule has 0 saturated heterocycles. The molecule has 6 heteroatoms. The van der Waals surface area contributed by atoms with Crippen molar-refractivity contribution in [3.63, 3.8) is 0 Å². The monoisotopic (exact) mass is 266 g/mol. The van der Waals surface area contributed by atoms with Gasteiger partial charge in [-0.1, -0.05) is 19.0 Å². The molecule has 0 atom stereocenters. The first-order valence-electron chi connectivity index (χ1n) is 6.23. The van der Waals surface area contributed by atoms with E-state index in [2.05, 4.69) is 29.3 Å². The summed E-state index contributed by atoms with van der Waals surface area (Å²) in [5.41, 5.74) is 7.01. The zero-order valence-corrected chi connectivity index (χ0v) is 11.4. The van der Waals surface area contributed by atoms with Crippen LogP contribution in [0.1, 0.15) is 31.5 Å². The summed E-state index contributed by atoms with van der Waals surface area (Å²) in [6.45, 7) is 5.87. The third kappa shape index (κ3) is 5.23. The predicted octanol–water partition coefficient (Wildman–Crippen LogP) is 0.674. The molecule has 6 nitrogen and oxygen atoms in total. The van der Waals surface area contributed by atoms with Crippen molar-refractivity contribution in [2.24, 2.45) is 16.3 Å². The fourth-order valence-electron chi connectivity index (χ4n) is 1.71. The van der Waals surface area contributed by atoms with Crippen LogP contribution in [0.2, 0.25) is 0 Å². The van der Waals surface area contributed by atoms with E-state index in [0.29, 0.717) is 12.2 Å². The number of aliphatic hydroxyl groups is 1. The normalized spacial score (nSPS) is 12.7. The number of nitrogens with two attached hydrogens (primary N) is 1. The molecule has 106 valence electrons. The quantitative estimate of drug-likeness (QED) is 0.251. The zero-order valence-electron chi connectivity index (χ0n) is 11.4. The van der Waals surface area contributed by atoms with Gasteiger partial charge in [0.1, 0.15) is 5.69 Å². The fourth-order valence-corrected chi connectivity index (χ4v) is 1.71. The molecule has 0 amide bonds. The minimum Gasteiger partial charge on any atom is -0.409 e. The maximum Gasteiger partial charge on any atom is 0.188 e. The Morgan fingerprint density at radius 2 is 2.26 bits per heavy atom. The third-order valence-electron chi connectivity index (χ3n) is 2.92. The number of hydrogen-bond acceptors (Lipinski definition) is 5. The molecule has 0 radical (unpaired) electrons. The molecule has 1 heterocycles. The third-order valence-corrected chi connectivity index (χ3v) is 2.92. The van der Waals surface area contributed by atoms with Gasteiger partial charge >= 0.3 is 0 Å². The Labute approximate surface area is 113 Å². The van der Waals surface area contributed by atoms with Gasteiger partial charge in [0.25, 0.3) is 0 Å². The highest BCUT2D eigenvalue weighted by Crippen LogP contribution is 2.18. The van der Waals surface area contributed by atoms with E-state index in [1.54, 1.807) is 12.3 Å². The summed E-state index contributed by atoms with van der Waals surface area (Å²) < 4.78 is 0. The van der Waals surface area contributed by atoms with Crippen LogP contribution in [0.5, 0.6) is 0 Å². The van der Waals surface area contributed by atoms with Crippen molar-refractivity contribution in [2.45, 2.75) is 26.8 Å². The van der Waals surface area contributed by atoms with Gasteiger partial charge < -0.3 is 21.4 Å². The largest absolute Gasteiger partial charge is 0.409 e. The Bertz CT molecular complexity index is 432. The summed E-state index contributed by atoms with van der Waals surface area (Å²) in [5.74, 6) is 0.00228. The van der Waals surface area contributed by atoms with Crippen LogP contribution < -0.4 is 11.1 Å². The van der Waals surface area contributed by atoms with Crippen LogP contribution in [-0.2, 0) is 6.54 Å². The van der Waals surface area contributed by atoms with Crippen molar-refractivity contribution >= 4 is 5.84 Å². The number of nitrogens with zero attached hydrogens (tertiary/aromatic N) is 2. The molecule has 0 aliphatic rings. The molecule has 0 aliphatic heterocycles. The number of oxime groups is 1. The Morgan fingerprint density at radius 1 is 1.53 bits per heavy atom. The summed E-state index contributed by atoms with van der Waals surface area (Å²) in [6, 6.07) is 3.65. The van der Waals surface area contributed by atoms with Crippen molar-refractivity contribution in [1.82, 2.24) is 10.3 Å². The Hall–Kier alpha value is -1.66. The second-order valence-corrected chi connectivity index (χ2v) is 5.28. The molecule has 0 spiro atoms. The molecular weight excluding hydrogens is 244 g/mol. The summed E-state index contributed by atoms with van der Waals surface area (Å²) in [6.07, 6.45) is 2.38. The number of nitrogens with one attached hydrogen (secondary N) is 1. The lowest BCUT2D eigenvalue weighted by molar-refractivity contribution is 0.207. The molecule has 0 aliphatic carbocycles. The maximum absolute atomic E-state index is 8.96. The van der Waals surface area contributed by atoms with E-state index in [1.807, 2.05) is 6.07 Å². The number of pyridine rings is 1. The van der Waals surface area contributed by atoms with E-state index in [1.165, 1.54) is 0 Å². The predicted molar refractivity (Wildman–Crippen MR) is 73.9 cm³/mol. The highest BCUT2D eigenvalue weighted by atomic mass is 16.4. The maximum atomic E-state index is 8.96. The van der Waals surface area contributed by atoms with Crippen LogP contribution in [0.4, 0.5) is 0 Å². The summed E-state index contributed by atoms with van der Waals surface area (Å²) in [7, 11) is 0. The highest BCUT2D eigenvalue weighted by molar-refractivity contribution is 5.95. The average molecular weight is 266 g/mol. The molecular formula is C13H22N4O2. The van der Waals surface area contributed by atoms with Gasteiger partial charge in [-0.15, -0.1) is 0 Å². The van der Waals surface area contributed by atoms with Crippen LogP contribution in [0.25, 0.3) is 0 Å². The second kappa shape index (κ2) is 7.06. The number of hydrogen-bond donors (Lipinski definition) is 4. The molecule has 0 saturated carbocycles. The van der Waals surface area contributed by atoms with Gasteiger partial charge in [0.2, 0.25) is 0 Å². The summed E-state index contributed by atoms with van der Waals surface area (Å²) >= 11 is 0. The van der Waals surface area contributed by atoms with Gasteiger partial charge in [-0.3, -0.25) is 4.98 Å². The van der Waals surface area contributed by atoms with Crippen molar-refractivity contribution in [2.75, 3.05) is 13.2 Å². The first kappa shape index (κ1) is 15.4. The van der Waals surface area contributed by atoms with Gasteiger partial charge in [-0.05, 0) is 29.5 Å². The van der Waals surface area contributed by atoms with E-state index in [4.69, 9.17) is 16.0 Å². The van der Waals surface area contributed by atoms with E-state index < -0.39 is 0 Å². The van der Waals surface area contributed by atoms with Crippen LogP contribution in [0.15, 0.2) is 23.5 Å². The molecule has 0 unspecified atom stereocenters. The topological polar surface area (TPSA) is 104 Å². The lowest BCUT2D eigenvalue weighted by Gasteiger charge is -2.24. The number of rotatable bonds is 7. The molecule has 0 fully saturated rings. The second-order valence-electron chi connectivity index (χ2n) is 5.28. The zero-order chi connectivity index (χ0) is 14.3. The number of aliphatic hydroxyl groups excluding tert-OH is 1. The molecule has 1 aromatic heterocycles. The van der Waals surface area contributed by atoms with Crippen molar-refractivity contribution in [3.05, 3.63) is 29.6 Å². The van der Waals surface area contributed by atoms with Gasteiger partial charge in [0, 0.05) is 25.9 Å². The molecule has 1 rings (SSSR count). The first-order valence-corrected chi connectivity index (χ1v) is 6.23. The fraction of sp³-hybridized carbons (Fsp3) is 0.538. The standard InChI is InChI=1S/C13H22N4O2/c1-13(2,4-6-18)9-15-8-10-3-5-16-11(7-10)12(14)17-19/h3,5,7,15,18-19H,4,6,8-9H2,1-2H3,(H2,14,17). The van der Waals surface area contributed by atoms with Crippen LogP contribution >= 0.6 is 0 Å². The van der Waals surface area contributed by atoms with Crippen molar-refractivity contribution in [3.8, 4) is 0 Å². The lowest BCUT2D eigenvalue weighted by Crippen LogP contribution is -2.30. The minimum absolute atomic E-state index is 0.00228. The van der Waals surface area contributed by atoms with Gasteiger partial charge in [-0.25, -0.2) is 0 Å². The van der Waals surface area contributed by atoms with Crippen LogP contribution in [0.3, 0.4) is 0 Å². The smallest absolute Gasteiger partial charge is 0.188 e. The summed E-state index contributed by atoms with van der Waals surface area (Å²) in [5, 5.41) is 23.8. The van der Waals surface area contributed by atoms with Crippen LogP contribution in [0, 0.1) is 5.41 Å². The van der Waals surface area contributed by atoms with Crippen molar-refractivity contribution < 1.29 is 10.3 Å². The molecule has 0 aromatic carbocycles. The Morgan fingerprint density at radius 3 is 2.89 bits per heavy atom. The SMILES string of the molecule is CC(C)(CCO)CNCc1ccnc(/C(N)=N/O)c1. The molecule has 5 N–H and O–H groups in total. The molecule has 0 bridgehead atoms. The van der Waals surface area contributed by atoms with Crippen molar-refractivity contribution in [1.29, 1.82) is 0 Å². The van der Waals surface area contributed by atoms with Gasteiger partial charge in [0.05, 0.1) is 0 Å². The number of amidine groups is 1. The molecule has 19 heavy (non-hydrogen) atoms. The Kier molecular flexibility index (Phi) is 5.72.